The fraction of sp³-hybridized carbons (Fsp3) is 0.435. The van der Waals surface area contributed by atoms with Crippen LogP contribution in [-0.4, -0.2) is 94.7 Å². The number of aliphatic hydroxyl groups excluding tert-OH is 3. The summed E-state index contributed by atoms with van der Waals surface area (Å²) in [5, 5.41) is 33.8. The quantitative estimate of drug-likeness (QED) is 0.124. The summed E-state index contributed by atoms with van der Waals surface area (Å²) in [5.41, 5.74) is 4.51. The highest BCUT2D eigenvalue weighted by molar-refractivity contribution is 7.54. The summed E-state index contributed by atoms with van der Waals surface area (Å²) >= 11 is 0. The zero-order valence-corrected chi connectivity index (χ0v) is 24.5. The molecule has 1 saturated heterocycles. The van der Waals surface area contributed by atoms with Crippen molar-refractivity contribution in [2.24, 2.45) is 0 Å². The molecule has 19 nitrogen and oxygen atoms in total. The number of amides is 1. The molecule has 2 aliphatic rings. The number of nitrogens with two attached hydrogens (primary N) is 1. The van der Waals surface area contributed by atoms with Gasteiger partial charge >= 0.3 is 21.1 Å². The van der Waals surface area contributed by atoms with Gasteiger partial charge in [0.05, 0.1) is 6.61 Å². The molecule has 242 valence electrons. The Morgan fingerprint density at radius 3 is 2.43 bits per heavy atom. The van der Waals surface area contributed by atoms with E-state index in [9.17, 15) is 48.7 Å². The van der Waals surface area contributed by atoms with Crippen LogP contribution < -0.4 is 21.5 Å². The Balaban J connectivity index is 1.50. The molecule has 2 aromatic rings. The number of phosphoric acid groups is 1. The van der Waals surface area contributed by atoms with E-state index < -0.39 is 88.2 Å². The molecule has 3 heterocycles. The number of carbonyl (C=O) groups is 1. The third-order valence-corrected chi connectivity index (χ3v) is 8.35. The minimum Gasteiger partial charge on any atom is -0.454 e. The Hall–Kier alpha value is -3.19. The molecule has 21 heteroatoms. The predicted octanol–water partition coefficient (Wildman–Crippen LogP) is -1.73. The lowest BCUT2D eigenvalue weighted by Crippen LogP contribution is -2.55. The molecule has 0 radical (unpaired) electrons. The van der Waals surface area contributed by atoms with E-state index in [1.165, 1.54) is 18.2 Å². The van der Waals surface area contributed by atoms with Gasteiger partial charge in [0.2, 0.25) is 11.8 Å². The number of carbonyl (C=O) groups excluding carboxylic acids is 1. The van der Waals surface area contributed by atoms with Crippen LogP contribution in [0.25, 0.3) is 0 Å². The fourth-order valence-electron chi connectivity index (χ4n) is 4.26. The third-order valence-electron chi connectivity index (χ3n) is 6.26. The van der Waals surface area contributed by atoms with Crippen LogP contribution in [0, 0.1) is 0 Å². The van der Waals surface area contributed by atoms with E-state index in [-0.39, 0.29) is 11.6 Å². The van der Waals surface area contributed by atoms with Gasteiger partial charge in [0.25, 0.3) is 6.29 Å². The molecule has 1 fully saturated rings. The minimum atomic E-state index is -5.51. The molecule has 0 bridgehead atoms. The number of aliphatic hydroxyl groups is 3. The number of nitrogens with zero attached hydrogens (tertiary/aromatic N) is 2. The Morgan fingerprint density at radius 2 is 1.82 bits per heavy atom. The predicted molar refractivity (Wildman–Crippen MR) is 145 cm³/mol. The fourth-order valence-corrected chi connectivity index (χ4v) is 6.34. The minimum absolute atomic E-state index is 0.120. The molecule has 1 aromatic heterocycles. The molecular weight excluding hydrogens is 634 g/mol. The van der Waals surface area contributed by atoms with Crippen molar-refractivity contribution in [1.29, 1.82) is 0 Å². The van der Waals surface area contributed by atoms with Crippen LogP contribution in [0.3, 0.4) is 0 Å². The van der Waals surface area contributed by atoms with E-state index in [2.05, 4.69) is 10.3 Å². The largest absolute Gasteiger partial charge is 0.473 e. The SMILES string of the molecule is CC(=O)N[C@H]1[C@H](Oc2ccccc2)OC(C(OP(=O)(O)OC[C@H]2O[C@@H](n3ccc(N)nc3=O)[C@H](O)[C@@H]2O)P(=O)(O)O)=C[C@@H]1O. The molecular formula is C23H30N4O15P2. The second-order valence-electron chi connectivity index (χ2n) is 9.60. The molecule has 2 aliphatic heterocycles. The second-order valence-corrected chi connectivity index (χ2v) is 12.7. The monoisotopic (exact) mass is 664 g/mol. The maximum Gasteiger partial charge on any atom is 0.473 e. The van der Waals surface area contributed by atoms with Crippen LogP contribution in [0.4, 0.5) is 5.82 Å². The van der Waals surface area contributed by atoms with E-state index in [1.807, 2.05) is 0 Å². The van der Waals surface area contributed by atoms with Crippen molar-refractivity contribution in [3.8, 4) is 5.75 Å². The first kappa shape index (κ1) is 33.7. The molecule has 9 N–H and O–H groups in total. The van der Waals surface area contributed by atoms with Gasteiger partial charge in [0.1, 0.15) is 47.8 Å². The average Bonchev–Trinajstić information content (AvgIpc) is 3.21. The lowest BCUT2D eigenvalue weighted by molar-refractivity contribution is -0.134. The third kappa shape index (κ3) is 8.09. The Labute approximate surface area is 248 Å². The zero-order chi connectivity index (χ0) is 32.4. The highest BCUT2D eigenvalue weighted by Crippen LogP contribution is 2.56. The van der Waals surface area contributed by atoms with Crippen LogP contribution >= 0.6 is 15.4 Å². The summed E-state index contributed by atoms with van der Waals surface area (Å²) in [6.07, 6.45) is -7.92. The van der Waals surface area contributed by atoms with Crippen molar-refractivity contribution >= 4 is 27.1 Å². The molecule has 0 aliphatic carbocycles. The van der Waals surface area contributed by atoms with Crippen LogP contribution in [0.1, 0.15) is 13.2 Å². The number of hydrogen-bond acceptors (Lipinski definition) is 14. The summed E-state index contributed by atoms with van der Waals surface area (Å²) in [4.78, 5) is 57.6. The van der Waals surface area contributed by atoms with Crippen LogP contribution in [0.15, 0.2) is 59.2 Å². The number of phosphoric ester groups is 1. The topological polar surface area (TPSA) is 292 Å². The normalized spacial score (nSPS) is 29.2. The molecule has 1 amide bonds. The zero-order valence-electron chi connectivity index (χ0n) is 22.7. The number of hydrogen-bond donors (Lipinski definition) is 8. The van der Waals surface area contributed by atoms with Crippen LogP contribution in [-0.2, 0) is 32.4 Å². The number of nitrogen functional groups attached to an aromatic ring is 1. The van der Waals surface area contributed by atoms with Gasteiger partial charge < -0.3 is 55.3 Å². The highest BCUT2D eigenvalue weighted by Gasteiger charge is 2.49. The van der Waals surface area contributed by atoms with Gasteiger partial charge in [-0.1, -0.05) is 18.2 Å². The van der Waals surface area contributed by atoms with Gasteiger partial charge in [0, 0.05) is 13.1 Å². The summed E-state index contributed by atoms with van der Waals surface area (Å²) in [7, 11) is -10.9. The smallest absolute Gasteiger partial charge is 0.454 e. The Morgan fingerprint density at radius 1 is 1.14 bits per heavy atom. The number of benzene rings is 1. The van der Waals surface area contributed by atoms with Gasteiger partial charge in [0.15, 0.2) is 6.23 Å². The molecule has 0 saturated carbocycles. The van der Waals surface area contributed by atoms with E-state index in [1.54, 1.807) is 18.2 Å². The lowest BCUT2D eigenvalue weighted by atomic mass is 10.1. The lowest BCUT2D eigenvalue weighted by Gasteiger charge is -2.37. The summed E-state index contributed by atoms with van der Waals surface area (Å²) in [5.74, 6) is -3.99. The first-order valence-electron chi connectivity index (χ1n) is 12.7. The Kier molecular flexibility index (Phi) is 10.3. The number of aromatic nitrogens is 2. The maximum atomic E-state index is 12.8. The van der Waals surface area contributed by atoms with Gasteiger partial charge in [-0.05, 0) is 24.3 Å². The van der Waals surface area contributed by atoms with Crippen molar-refractivity contribution in [3.63, 3.8) is 0 Å². The summed E-state index contributed by atoms with van der Waals surface area (Å²) in [6, 6.07) is 7.78. The first-order valence-corrected chi connectivity index (χ1v) is 15.9. The number of anilines is 1. The van der Waals surface area contributed by atoms with Crippen LogP contribution in [0.2, 0.25) is 0 Å². The second kappa shape index (κ2) is 13.4. The Bertz CT molecular complexity index is 1520. The highest BCUT2D eigenvalue weighted by atomic mass is 31.2. The van der Waals surface area contributed by atoms with Crippen LogP contribution in [0.5, 0.6) is 5.75 Å². The van der Waals surface area contributed by atoms with Crippen molar-refractivity contribution in [1.82, 2.24) is 14.9 Å². The molecule has 1 aromatic carbocycles. The standard InChI is InChI=1S/C23H30N4O15P2/c1-11(28)25-17-13(29)9-14(41-21(17)39-12-5-3-2-4-6-12)22(43(33,34)35)42-44(36,37)38-10-15-18(30)19(31)20(40-15)27-8-7-16(24)26-23(27)32/h2-9,13,15,17-22,29-31H,10H2,1H3,(H,25,28)(H,36,37)(H2,24,26,32)(H2,33,34,35)/t13-,15+,17+,18+,19+,20+,21+,22?/m0/s1. The summed E-state index contributed by atoms with van der Waals surface area (Å²) in [6.45, 7) is 0.171. The molecule has 9 atom stereocenters. The molecule has 4 rings (SSSR count). The van der Waals surface area contributed by atoms with Gasteiger partial charge in [-0.25, -0.2) is 9.36 Å². The molecule has 2 unspecified atom stereocenters. The van der Waals surface area contributed by atoms with Gasteiger partial charge in [-0.15, -0.1) is 0 Å². The van der Waals surface area contributed by atoms with Crippen molar-refractivity contribution in [2.75, 3.05) is 12.3 Å². The molecule has 0 spiro atoms. The van der Waals surface area contributed by atoms with Crippen molar-refractivity contribution in [2.45, 2.75) is 55.7 Å². The van der Waals surface area contributed by atoms with E-state index in [0.717, 1.165) is 23.8 Å². The van der Waals surface area contributed by atoms with Crippen molar-refractivity contribution < 1.29 is 67.2 Å². The first-order chi connectivity index (χ1) is 20.6. The average molecular weight is 664 g/mol. The number of para-hydroxylation sites is 1. The molecule has 44 heavy (non-hydrogen) atoms. The van der Waals surface area contributed by atoms with Gasteiger partial charge in [-0.2, -0.15) is 4.98 Å². The number of ether oxygens (including phenoxy) is 3. The number of nitrogens with one attached hydrogen (secondary N) is 1. The van der Waals surface area contributed by atoms with E-state index >= 15 is 0 Å². The van der Waals surface area contributed by atoms with E-state index in [0.29, 0.717) is 0 Å². The van der Waals surface area contributed by atoms with Crippen molar-refractivity contribution in [3.05, 3.63) is 64.9 Å². The summed E-state index contributed by atoms with van der Waals surface area (Å²) < 4.78 is 52.1. The van der Waals surface area contributed by atoms with Gasteiger partial charge in [-0.3, -0.25) is 23.0 Å². The van der Waals surface area contributed by atoms with E-state index in [4.69, 9.17) is 29.0 Å². The maximum absolute atomic E-state index is 12.8. The number of rotatable bonds is 11.